The van der Waals surface area contributed by atoms with Crippen LogP contribution in [0.15, 0.2) is 35.9 Å². The molecule has 0 spiro atoms. The number of allylic oxidation sites excluding steroid dienone is 1. The van der Waals surface area contributed by atoms with Crippen LogP contribution in [0.25, 0.3) is 0 Å². The lowest BCUT2D eigenvalue weighted by Gasteiger charge is -2.09. The third-order valence-corrected chi connectivity index (χ3v) is 2.18. The number of hydrogen-bond acceptors (Lipinski definition) is 3. The smallest absolute Gasteiger partial charge is 0.332 e. The van der Waals surface area contributed by atoms with E-state index in [-0.39, 0.29) is 0 Å². The van der Waals surface area contributed by atoms with Crippen molar-refractivity contribution in [3.8, 4) is 6.07 Å². The van der Waals surface area contributed by atoms with E-state index < -0.39 is 12.1 Å². The van der Waals surface area contributed by atoms with Gasteiger partial charge in [-0.1, -0.05) is 29.3 Å². The lowest BCUT2D eigenvalue weighted by Crippen LogP contribution is -2.07. The zero-order chi connectivity index (χ0) is 12.8. The van der Waals surface area contributed by atoms with Gasteiger partial charge in [-0.2, -0.15) is 5.26 Å². The van der Waals surface area contributed by atoms with Gasteiger partial charge in [-0.3, -0.25) is 0 Å². The second-order valence-corrected chi connectivity index (χ2v) is 4.16. The first-order valence-corrected chi connectivity index (χ1v) is 5.41. The molecule has 0 heterocycles. The maximum absolute atomic E-state index is 11.4. The predicted octanol–water partition coefficient (Wildman–Crippen LogP) is 3.41. The fourth-order valence-electron chi connectivity index (χ4n) is 1.19. The van der Waals surface area contributed by atoms with Crippen molar-refractivity contribution in [2.24, 2.45) is 0 Å². The number of esters is 1. The van der Waals surface area contributed by atoms with Crippen LogP contribution in [-0.4, -0.2) is 5.97 Å². The van der Waals surface area contributed by atoms with Crippen molar-refractivity contribution in [3.05, 3.63) is 46.5 Å². The maximum atomic E-state index is 11.4. The highest BCUT2D eigenvalue weighted by molar-refractivity contribution is 6.30. The highest BCUT2D eigenvalue weighted by atomic mass is 35.5. The van der Waals surface area contributed by atoms with Crippen molar-refractivity contribution in [3.63, 3.8) is 0 Å². The first-order valence-electron chi connectivity index (χ1n) is 5.03. The number of nitriles is 1. The van der Waals surface area contributed by atoms with E-state index in [9.17, 15) is 4.79 Å². The third kappa shape index (κ3) is 4.29. The topological polar surface area (TPSA) is 50.1 Å². The van der Waals surface area contributed by atoms with E-state index in [1.165, 1.54) is 6.08 Å². The molecule has 0 saturated carbocycles. The quantitative estimate of drug-likeness (QED) is 0.609. The van der Waals surface area contributed by atoms with Crippen molar-refractivity contribution in [1.82, 2.24) is 0 Å². The molecule has 0 N–H and O–H groups in total. The Morgan fingerprint density at radius 3 is 2.47 bits per heavy atom. The van der Waals surface area contributed by atoms with Crippen LogP contribution in [0.4, 0.5) is 0 Å². The fraction of sp³-hybridized carbons (Fsp3) is 0.231. The first-order chi connectivity index (χ1) is 8.02. The van der Waals surface area contributed by atoms with E-state index in [1.807, 2.05) is 6.07 Å². The molecule has 0 fully saturated rings. The van der Waals surface area contributed by atoms with Gasteiger partial charge in [0, 0.05) is 16.7 Å². The lowest BCUT2D eigenvalue weighted by atomic mass is 10.1. The van der Waals surface area contributed by atoms with Gasteiger partial charge in [0.2, 0.25) is 6.10 Å². The van der Waals surface area contributed by atoms with E-state index >= 15 is 0 Å². The number of nitrogens with zero attached hydrogens (tertiary/aromatic N) is 1. The normalized spacial score (nSPS) is 11.2. The molecule has 0 aliphatic rings. The molecule has 0 radical (unpaired) electrons. The summed E-state index contributed by atoms with van der Waals surface area (Å²) in [6.07, 6.45) is 0.440. The van der Waals surface area contributed by atoms with Gasteiger partial charge in [0.05, 0.1) is 0 Å². The van der Waals surface area contributed by atoms with E-state index in [2.05, 4.69) is 0 Å². The van der Waals surface area contributed by atoms with Crippen LogP contribution in [0.5, 0.6) is 0 Å². The van der Waals surface area contributed by atoms with Crippen LogP contribution in [0, 0.1) is 11.3 Å². The molecule has 3 nitrogen and oxygen atoms in total. The lowest BCUT2D eigenvalue weighted by molar-refractivity contribution is -0.140. The molecule has 17 heavy (non-hydrogen) atoms. The summed E-state index contributed by atoms with van der Waals surface area (Å²) in [5.74, 6) is -0.522. The molecule has 0 aromatic heterocycles. The summed E-state index contributed by atoms with van der Waals surface area (Å²) in [5.41, 5.74) is 1.43. The van der Waals surface area contributed by atoms with Crippen molar-refractivity contribution in [2.75, 3.05) is 0 Å². The van der Waals surface area contributed by atoms with E-state index in [1.54, 1.807) is 38.1 Å². The summed E-state index contributed by atoms with van der Waals surface area (Å²) in [6.45, 7) is 3.57. The summed E-state index contributed by atoms with van der Waals surface area (Å²) in [4.78, 5) is 11.4. The molecule has 0 bridgehead atoms. The van der Waals surface area contributed by atoms with Gasteiger partial charge in [-0.05, 0) is 26.0 Å². The highest BCUT2D eigenvalue weighted by Gasteiger charge is 2.14. The molecule has 1 rings (SSSR count). The molecule has 0 aliphatic heterocycles. The zero-order valence-corrected chi connectivity index (χ0v) is 10.4. The number of carbonyl (C=O) groups excluding carboxylic acids is 1. The van der Waals surface area contributed by atoms with Crippen molar-refractivity contribution in [1.29, 1.82) is 5.26 Å². The van der Waals surface area contributed by atoms with E-state index in [0.717, 1.165) is 5.57 Å². The molecule has 1 aromatic rings. The Morgan fingerprint density at radius 1 is 1.41 bits per heavy atom. The molecule has 4 heteroatoms. The van der Waals surface area contributed by atoms with Gasteiger partial charge in [0.25, 0.3) is 0 Å². The maximum Gasteiger partial charge on any atom is 0.332 e. The highest BCUT2D eigenvalue weighted by Crippen LogP contribution is 2.19. The molecule has 1 atom stereocenters. The molecular formula is C13H12ClNO2. The van der Waals surface area contributed by atoms with Crippen LogP contribution >= 0.6 is 11.6 Å². The van der Waals surface area contributed by atoms with Gasteiger partial charge in [0.15, 0.2) is 0 Å². The first kappa shape index (κ1) is 13.3. The minimum absolute atomic E-state index is 0.522. The molecule has 88 valence electrons. The second kappa shape index (κ2) is 6.07. The van der Waals surface area contributed by atoms with Crippen LogP contribution < -0.4 is 0 Å². The van der Waals surface area contributed by atoms with Crippen molar-refractivity contribution in [2.45, 2.75) is 20.0 Å². The van der Waals surface area contributed by atoms with Crippen molar-refractivity contribution >= 4 is 17.6 Å². The predicted molar refractivity (Wildman–Crippen MR) is 65.3 cm³/mol. The number of rotatable bonds is 3. The fourth-order valence-corrected chi connectivity index (χ4v) is 1.32. The Balaban J connectivity index is 2.80. The largest absolute Gasteiger partial charge is 0.439 e. The Morgan fingerprint density at radius 2 is 2.00 bits per heavy atom. The summed E-state index contributed by atoms with van der Waals surface area (Å²) < 4.78 is 5.02. The summed E-state index contributed by atoms with van der Waals surface area (Å²) in [7, 11) is 0. The minimum Gasteiger partial charge on any atom is -0.439 e. The molecule has 0 amide bonds. The summed E-state index contributed by atoms with van der Waals surface area (Å²) in [5, 5.41) is 9.52. The van der Waals surface area contributed by atoms with Crippen molar-refractivity contribution < 1.29 is 9.53 Å². The monoisotopic (exact) mass is 249 g/mol. The van der Waals surface area contributed by atoms with E-state index in [4.69, 9.17) is 21.6 Å². The average Bonchev–Trinajstić information content (AvgIpc) is 2.26. The van der Waals surface area contributed by atoms with Gasteiger partial charge in [-0.25, -0.2) is 4.79 Å². The zero-order valence-electron chi connectivity index (χ0n) is 9.61. The SMILES string of the molecule is CC(C)=CC(=O)OC(C#N)c1ccc(Cl)cc1. The number of carbonyl (C=O) groups is 1. The van der Waals surface area contributed by atoms with Gasteiger partial charge < -0.3 is 4.74 Å². The number of halogens is 1. The Bertz CT molecular complexity index is 467. The summed E-state index contributed by atoms with van der Waals surface area (Å²) >= 11 is 5.73. The third-order valence-electron chi connectivity index (χ3n) is 1.93. The van der Waals surface area contributed by atoms with Gasteiger partial charge in [-0.15, -0.1) is 0 Å². The minimum atomic E-state index is -0.907. The van der Waals surface area contributed by atoms with Gasteiger partial charge >= 0.3 is 5.97 Å². The Labute approximate surface area is 105 Å². The Hall–Kier alpha value is -1.79. The molecule has 0 aliphatic carbocycles. The number of benzene rings is 1. The standard InChI is InChI=1S/C13H12ClNO2/c1-9(2)7-13(16)17-12(8-15)10-3-5-11(14)6-4-10/h3-7,12H,1-2H3. The number of ether oxygens (including phenoxy) is 1. The van der Waals surface area contributed by atoms with Crippen LogP contribution in [-0.2, 0) is 9.53 Å². The molecule has 1 aromatic carbocycles. The van der Waals surface area contributed by atoms with Gasteiger partial charge in [0.1, 0.15) is 6.07 Å². The van der Waals surface area contributed by atoms with E-state index in [0.29, 0.717) is 10.6 Å². The average molecular weight is 250 g/mol. The number of hydrogen-bond donors (Lipinski definition) is 0. The molecule has 0 saturated heterocycles. The molecular weight excluding hydrogens is 238 g/mol. The second-order valence-electron chi connectivity index (χ2n) is 3.72. The van der Waals surface area contributed by atoms with Crippen LogP contribution in [0.3, 0.4) is 0 Å². The summed E-state index contributed by atoms with van der Waals surface area (Å²) in [6, 6.07) is 8.54. The van der Waals surface area contributed by atoms with Crippen LogP contribution in [0.2, 0.25) is 5.02 Å². The molecule has 1 unspecified atom stereocenters. The Kier molecular flexibility index (Phi) is 4.74. The van der Waals surface area contributed by atoms with Crippen LogP contribution in [0.1, 0.15) is 25.5 Å².